The maximum atomic E-state index is 13.6. The quantitative estimate of drug-likeness (QED) is 0.412. The van der Waals surface area contributed by atoms with Gasteiger partial charge in [0, 0.05) is 16.8 Å². The standard InChI is InChI=1S/C25H23N3OS/c1-17-11-12-20(18(2)15-17)26-25(29)28-16-19-7-3-4-8-21(19)27-13-5-9-22(27)24(28)23-10-6-14-30-23/h3-15,24H,16H2,1-2H3,(H,26,29). The molecule has 3 heterocycles. The van der Waals surface area contributed by atoms with Gasteiger partial charge in [0.2, 0.25) is 0 Å². The van der Waals surface area contributed by atoms with Gasteiger partial charge in [-0.3, -0.25) is 0 Å². The second kappa shape index (κ2) is 7.50. The molecule has 5 heteroatoms. The van der Waals surface area contributed by atoms with Gasteiger partial charge in [0.05, 0.1) is 17.9 Å². The van der Waals surface area contributed by atoms with Crippen molar-refractivity contribution in [3.63, 3.8) is 0 Å². The Labute approximate surface area is 180 Å². The van der Waals surface area contributed by atoms with Crippen LogP contribution in [0.25, 0.3) is 5.69 Å². The Balaban J connectivity index is 1.61. The second-order valence-electron chi connectivity index (χ2n) is 7.73. The average Bonchev–Trinajstić information content (AvgIpc) is 3.41. The molecule has 1 atom stereocenters. The Morgan fingerprint density at radius 1 is 1.03 bits per heavy atom. The lowest BCUT2D eigenvalue weighted by atomic mass is 10.1. The Hall–Kier alpha value is -3.31. The SMILES string of the molecule is Cc1ccc(NC(=O)N2Cc3ccccc3-n3cccc3C2c2cccs2)c(C)c1. The van der Waals surface area contributed by atoms with E-state index in [0.717, 1.165) is 33.1 Å². The van der Waals surface area contributed by atoms with Crippen LogP contribution in [0.3, 0.4) is 0 Å². The predicted molar refractivity (Wildman–Crippen MR) is 122 cm³/mol. The maximum absolute atomic E-state index is 13.6. The minimum atomic E-state index is -0.154. The van der Waals surface area contributed by atoms with Crippen LogP contribution < -0.4 is 5.32 Å². The summed E-state index contributed by atoms with van der Waals surface area (Å²) in [5, 5.41) is 5.23. The van der Waals surface area contributed by atoms with Crippen molar-refractivity contribution >= 4 is 23.1 Å². The highest BCUT2D eigenvalue weighted by atomic mass is 32.1. The first-order valence-corrected chi connectivity index (χ1v) is 10.9. The molecule has 1 aliphatic rings. The van der Waals surface area contributed by atoms with Crippen molar-refractivity contribution in [2.24, 2.45) is 0 Å². The van der Waals surface area contributed by atoms with Crippen LogP contribution in [0.1, 0.15) is 33.3 Å². The minimum Gasteiger partial charge on any atom is -0.318 e. The Morgan fingerprint density at radius 3 is 2.70 bits per heavy atom. The molecule has 2 aromatic heterocycles. The number of urea groups is 1. The highest BCUT2D eigenvalue weighted by Gasteiger charge is 2.33. The number of nitrogens with one attached hydrogen (secondary N) is 1. The van der Waals surface area contributed by atoms with Crippen LogP contribution >= 0.6 is 11.3 Å². The fourth-order valence-electron chi connectivity index (χ4n) is 4.23. The first kappa shape index (κ1) is 18.7. The smallest absolute Gasteiger partial charge is 0.318 e. The molecule has 0 aliphatic carbocycles. The zero-order chi connectivity index (χ0) is 20.7. The summed E-state index contributed by atoms with van der Waals surface area (Å²) in [4.78, 5) is 16.7. The van der Waals surface area contributed by atoms with E-state index in [2.05, 4.69) is 64.8 Å². The lowest BCUT2D eigenvalue weighted by molar-refractivity contribution is 0.195. The number of anilines is 1. The molecule has 2 amide bonds. The van der Waals surface area contributed by atoms with Gasteiger partial charge in [-0.25, -0.2) is 4.79 Å². The van der Waals surface area contributed by atoms with Crippen LogP contribution in [0.5, 0.6) is 0 Å². The average molecular weight is 414 g/mol. The number of amides is 2. The molecule has 0 radical (unpaired) electrons. The molecular formula is C25H23N3OS. The number of hydrogen-bond donors (Lipinski definition) is 1. The normalized spacial score (nSPS) is 15.3. The van der Waals surface area contributed by atoms with Gasteiger partial charge in [0.25, 0.3) is 0 Å². The van der Waals surface area contributed by atoms with E-state index in [1.54, 1.807) is 11.3 Å². The number of nitrogens with zero attached hydrogens (tertiary/aromatic N) is 2. The third-order valence-electron chi connectivity index (χ3n) is 5.66. The molecular weight excluding hydrogens is 390 g/mol. The summed E-state index contributed by atoms with van der Waals surface area (Å²) in [6.07, 6.45) is 2.08. The van der Waals surface area contributed by atoms with Crippen LogP contribution in [0.4, 0.5) is 10.5 Å². The fraction of sp³-hybridized carbons (Fsp3) is 0.160. The van der Waals surface area contributed by atoms with E-state index in [-0.39, 0.29) is 12.1 Å². The van der Waals surface area contributed by atoms with Gasteiger partial charge in [-0.15, -0.1) is 11.3 Å². The number of thiophene rings is 1. The van der Waals surface area contributed by atoms with Gasteiger partial charge in [-0.1, -0.05) is 42.0 Å². The number of aromatic nitrogens is 1. The number of benzene rings is 2. The van der Waals surface area contributed by atoms with Gasteiger partial charge in [-0.05, 0) is 60.7 Å². The highest BCUT2D eigenvalue weighted by Crippen LogP contribution is 2.38. The number of carbonyl (C=O) groups is 1. The Bertz CT molecular complexity index is 1210. The van der Waals surface area contributed by atoms with Gasteiger partial charge in [0.1, 0.15) is 6.04 Å². The van der Waals surface area contributed by atoms with Gasteiger partial charge in [0.15, 0.2) is 0 Å². The first-order valence-electron chi connectivity index (χ1n) is 10.1. The number of rotatable bonds is 2. The van der Waals surface area contributed by atoms with E-state index < -0.39 is 0 Å². The molecule has 150 valence electrons. The zero-order valence-electron chi connectivity index (χ0n) is 17.0. The number of aryl methyl sites for hydroxylation is 2. The van der Waals surface area contributed by atoms with Crippen molar-refractivity contribution in [1.82, 2.24) is 9.47 Å². The lowest BCUT2D eigenvalue weighted by Crippen LogP contribution is -2.37. The molecule has 0 saturated carbocycles. The van der Waals surface area contributed by atoms with E-state index in [9.17, 15) is 4.79 Å². The van der Waals surface area contributed by atoms with Gasteiger partial charge in [-0.2, -0.15) is 0 Å². The molecule has 0 spiro atoms. The van der Waals surface area contributed by atoms with Gasteiger partial charge < -0.3 is 14.8 Å². The molecule has 4 aromatic rings. The molecule has 1 N–H and O–H groups in total. The maximum Gasteiger partial charge on any atom is 0.323 e. The topological polar surface area (TPSA) is 37.3 Å². The third-order valence-corrected chi connectivity index (χ3v) is 6.59. The molecule has 4 nitrogen and oxygen atoms in total. The van der Waals surface area contributed by atoms with Crippen LogP contribution in [-0.4, -0.2) is 15.5 Å². The third kappa shape index (κ3) is 3.21. The van der Waals surface area contributed by atoms with Crippen molar-refractivity contribution in [2.75, 3.05) is 5.32 Å². The molecule has 30 heavy (non-hydrogen) atoms. The Morgan fingerprint density at radius 2 is 1.90 bits per heavy atom. The van der Waals surface area contributed by atoms with Crippen molar-refractivity contribution in [2.45, 2.75) is 26.4 Å². The summed E-state index contributed by atoms with van der Waals surface area (Å²) < 4.78 is 2.21. The number of para-hydroxylation sites is 1. The van der Waals surface area contributed by atoms with E-state index >= 15 is 0 Å². The predicted octanol–water partition coefficient (Wildman–Crippen LogP) is 6.29. The number of carbonyl (C=O) groups excluding carboxylic acids is 1. The first-order chi connectivity index (χ1) is 14.6. The van der Waals surface area contributed by atoms with Crippen LogP contribution in [-0.2, 0) is 6.54 Å². The van der Waals surface area contributed by atoms with Gasteiger partial charge >= 0.3 is 6.03 Å². The van der Waals surface area contributed by atoms with Crippen LogP contribution in [0, 0.1) is 13.8 Å². The van der Waals surface area contributed by atoms with Crippen molar-refractivity contribution in [1.29, 1.82) is 0 Å². The molecule has 1 unspecified atom stereocenters. The van der Waals surface area contributed by atoms with Crippen LogP contribution in [0.2, 0.25) is 0 Å². The van der Waals surface area contributed by atoms with Crippen LogP contribution in [0.15, 0.2) is 78.3 Å². The molecule has 0 saturated heterocycles. The summed E-state index contributed by atoms with van der Waals surface area (Å²) in [5.41, 5.74) is 6.45. The van der Waals surface area contributed by atoms with E-state index in [4.69, 9.17) is 0 Å². The number of fused-ring (bicyclic) bond motifs is 3. The molecule has 0 bridgehead atoms. The largest absolute Gasteiger partial charge is 0.323 e. The van der Waals surface area contributed by atoms with E-state index in [1.165, 1.54) is 5.56 Å². The summed E-state index contributed by atoms with van der Waals surface area (Å²) in [6, 6.07) is 22.5. The molecule has 0 fully saturated rings. The van der Waals surface area contributed by atoms with Crippen molar-refractivity contribution in [3.8, 4) is 5.69 Å². The monoisotopic (exact) mass is 413 g/mol. The minimum absolute atomic E-state index is 0.0928. The summed E-state index contributed by atoms with van der Waals surface area (Å²) in [6.45, 7) is 4.63. The van der Waals surface area contributed by atoms with E-state index in [1.807, 2.05) is 42.2 Å². The summed E-state index contributed by atoms with van der Waals surface area (Å²) in [7, 11) is 0. The van der Waals surface area contributed by atoms with E-state index in [0.29, 0.717) is 6.54 Å². The number of hydrogen-bond acceptors (Lipinski definition) is 2. The van der Waals surface area contributed by atoms with Crippen molar-refractivity contribution < 1.29 is 4.79 Å². The molecule has 1 aliphatic heterocycles. The summed E-state index contributed by atoms with van der Waals surface area (Å²) >= 11 is 1.68. The highest BCUT2D eigenvalue weighted by molar-refractivity contribution is 7.10. The zero-order valence-corrected chi connectivity index (χ0v) is 17.8. The van der Waals surface area contributed by atoms with Crippen molar-refractivity contribution in [3.05, 3.63) is 106 Å². The molecule has 2 aromatic carbocycles. The molecule has 5 rings (SSSR count). The second-order valence-corrected chi connectivity index (χ2v) is 8.71. The lowest BCUT2D eigenvalue weighted by Gasteiger charge is -2.30. The summed E-state index contributed by atoms with van der Waals surface area (Å²) in [5.74, 6) is 0. The Kier molecular flexibility index (Phi) is 4.68. The fourth-order valence-corrected chi connectivity index (χ4v) is 5.07.